The Balaban J connectivity index is 1.46. The summed E-state index contributed by atoms with van der Waals surface area (Å²) in [6, 6.07) is 7.57. The van der Waals surface area contributed by atoms with Gasteiger partial charge in [0.1, 0.15) is 12.0 Å². The number of carbonyl (C=O) groups excluding carboxylic acids is 3. The zero-order valence-electron chi connectivity index (χ0n) is 19.6. The summed E-state index contributed by atoms with van der Waals surface area (Å²) in [6.45, 7) is 2.23. The zero-order valence-corrected chi connectivity index (χ0v) is 19.6. The highest BCUT2D eigenvalue weighted by atomic mass is 16.4. The van der Waals surface area contributed by atoms with Crippen LogP contribution in [0.4, 0.5) is 4.79 Å². The monoisotopic (exact) mass is 465 g/mol. The predicted octanol–water partition coefficient (Wildman–Crippen LogP) is 1.69. The van der Waals surface area contributed by atoms with Crippen LogP contribution in [-0.4, -0.2) is 54.4 Å². The Hall–Kier alpha value is -3.27. The van der Waals surface area contributed by atoms with Crippen molar-refractivity contribution in [2.45, 2.75) is 57.9 Å². The van der Waals surface area contributed by atoms with Crippen molar-refractivity contribution in [3.63, 3.8) is 0 Å². The lowest BCUT2D eigenvalue weighted by Gasteiger charge is -2.24. The molecule has 0 aliphatic heterocycles. The largest absolute Gasteiger partial charge is 0.453 e. The molecule has 1 aliphatic carbocycles. The van der Waals surface area contributed by atoms with Crippen LogP contribution >= 0.6 is 0 Å². The fraction of sp³-hybridized carbons (Fsp3) is 0.458. The van der Waals surface area contributed by atoms with Crippen LogP contribution in [-0.2, 0) is 15.9 Å². The second kappa shape index (κ2) is 13.4. The first-order chi connectivity index (χ1) is 16.5. The summed E-state index contributed by atoms with van der Waals surface area (Å²) in [5, 5.41) is 8.68. The first kappa shape index (κ1) is 25.4. The van der Waals surface area contributed by atoms with Crippen molar-refractivity contribution in [2.24, 2.45) is 0 Å². The van der Waals surface area contributed by atoms with Crippen molar-refractivity contribution in [1.29, 1.82) is 0 Å². The highest BCUT2D eigenvalue weighted by Crippen LogP contribution is 2.17. The molecule has 34 heavy (non-hydrogen) atoms. The SMILES string of the molecule is Cc1cnc(C(=O)NCCCc2ccc(B(NC(=O)NC3CCCCC3)OCC=O)cc2)cn1. The molecule has 1 saturated carbocycles. The molecule has 2 aromatic rings. The topological polar surface area (TPSA) is 122 Å². The van der Waals surface area contributed by atoms with E-state index in [4.69, 9.17) is 4.65 Å². The molecule has 10 heteroatoms. The van der Waals surface area contributed by atoms with Crippen LogP contribution in [0.25, 0.3) is 0 Å². The van der Waals surface area contributed by atoms with Crippen LogP contribution < -0.4 is 21.3 Å². The Morgan fingerprint density at radius 3 is 2.56 bits per heavy atom. The molecule has 0 atom stereocenters. The summed E-state index contributed by atoms with van der Waals surface area (Å²) in [7, 11) is -0.710. The maximum atomic E-state index is 12.4. The molecule has 0 saturated heterocycles. The van der Waals surface area contributed by atoms with Crippen molar-refractivity contribution in [3.05, 3.63) is 53.6 Å². The lowest BCUT2D eigenvalue weighted by molar-refractivity contribution is -0.109. The molecule has 1 aliphatic rings. The Labute approximate surface area is 200 Å². The second-order valence-electron chi connectivity index (χ2n) is 8.48. The number of aryl methyl sites for hydroxylation is 2. The quantitative estimate of drug-likeness (QED) is 0.264. The lowest BCUT2D eigenvalue weighted by Crippen LogP contribution is -2.55. The number of amides is 3. The van der Waals surface area contributed by atoms with E-state index in [0.29, 0.717) is 18.5 Å². The third kappa shape index (κ3) is 8.26. The van der Waals surface area contributed by atoms with Crippen LogP contribution in [0.2, 0.25) is 0 Å². The van der Waals surface area contributed by atoms with Gasteiger partial charge in [0.2, 0.25) is 0 Å². The fourth-order valence-electron chi connectivity index (χ4n) is 3.90. The highest BCUT2D eigenvalue weighted by molar-refractivity contribution is 6.67. The maximum absolute atomic E-state index is 12.4. The van der Waals surface area contributed by atoms with E-state index in [1.54, 1.807) is 6.20 Å². The Kier molecular flexibility index (Phi) is 10.0. The van der Waals surface area contributed by atoms with Gasteiger partial charge in [-0.2, -0.15) is 0 Å². The van der Waals surface area contributed by atoms with E-state index < -0.39 is 7.05 Å². The number of hydrogen-bond donors (Lipinski definition) is 3. The molecule has 3 amide bonds. The molecule has 0 spiro atoms. The van der Waals surface area contributed by atoms with Crippen LogP contribution in [0.15, 0.2) is 36.7 Å². The third-order valence-corrected chi connectivity index (χ3v) is 5.76. The summed E-state index contributed by atoms with van der Waals surface area (Å²) >= 11 is 0. The number of hydrogen-bond acceptors (Lipinski definition) is 6. The van der Waals surface area contributed by atoms with Gasteiger partial charge >= 0.3 is 13.1 Å². The van der Waals surface area contributed by atoms with E-state index in [-0.39, 0.29) is 24.6 Å². The van der Waals surface area contributed by atoms with Gasteiger partial charge in [-0.05, 0) is 43.6 Å². The molecule has 1 aromatic carbocycles. The molecule has 9 nitrogen and oxygen atoms in total. The van der Waals surface area contributed by atoms with Crippen molar-refractivity contribution < 1.29 is 19.0 Å². The maximum Gasteiger partial charge on any atom is 0.453 e. The average Bonchev–Trinajstić information content (AvgIpc) is 2.85. The number of urea groups is 1. The summed E-state index contributed by atoms with van der Waals surface area (Å²) in [4.78, 5) is 43.5. The summed E-state index contributed by atoms with van der Waals surface area (Å²) in [6.07, 6.45) is 10.7. The van der Waals surface area contributed by atoms with Crippen molar-refractivity contribution in [1.82, 2.24) is 25.8 Å². The number of nitrogens with one attached hydrogen (secondary N) is 3. The van der Waals surface area contributed by atoms with Gasteiger partial charge in [0.15, 0.2) is 0 Å². The van der Waals surface area contributed by atoms with Gasteiger partial charge in [-0.1, -0.05) is 43.5 Å². The van der Waals surface area contributed by atoms with E-state index in [0.717, 1.165) is 55.2 Å². The smallest absolute Gasteiger partial charge is 0.406 e. The van der Waals surface area contributed by atoms with Gasteiger partial charge in [-0.25, -0.2) is 4.98 Å². The molecule has 1 aromatic heterocycles. The van der Waals surface area contributed by atoms with Gasteiger partial charge in [0.25, 0.3) is 5.91 Å². The predicted molar refractivity (Wildman–Crippen MR) is 130 cm³/mol. The van der Waals surface area contributed by atoms with E-state index >= 15 is 0 Å². The summed E-state index contributed by atoms with van der Waals surface area (Å²) in [5.74, 6) is -0.240. The molecular formula is C24H32BN5O4. The van der Waals surface area contributed by atoms with E-state index in [1.807, 2.05) is 31.2 Å². The zero-order chi connectivity index (χ0) is 24.2. The molecule has 1 heterocycles. The van der Waals surface area contributed by atoms with Gasteiger partial charge in [-0.15, -0.1) is 0 Å². The molecular weight excluding hydrogens is 433 g/mol. The Morgan fingerprint density at radius 1 is 1.12 bits per heavy atom. The van der Waals surface area contributed by atoms with Gasteiger partial charge in [0.05, 0.1) is 18.5 Å². The first-order valence-electron chi connectivity index (χ1n) is 11.8. The molecule has 0 radical (unpaired) electrons. The minimum atomic E-state index is -0.710. The van der Waals surface area contributed by atoms with Gasteiger partial charge < -0.3 is 25.3 Å². The third-order valence-electron chi connectivity index (χ3n) is 5.76. The average molecular weight is 465 g/mol. The Morgan fingerprint density at radius 2 is 1.88 bits per heavy atom. The first-order valence-corrected chi connectivity index (χ1v) is 11.8. The van der Waals surface area contributed by atoms with Crippen LogP contribution in [0.3, 0.4) is 0 Å². The molecule has 1 fully saturated rings. The van der Waals surface area contributed by atoms with Crippen LogP contribution in [0.5, 0.6) is 0 Å². The standard InChI is InChI=1S/C24H32BN5O4/c1-18-16-28-22(17-27-18)23(32)26-13-5-6-19-9-11-20(12-10-19)25(34-15-14-31)30-24(33)29-21-7-3-2-4-8-21/h9-12,14,16-17,21H,2-8,13,15H2,1H3,(H,26,32)(H2,29,30,33). The van der Waals surface area contributed by atoms with E-state index in [1.165, 1.54) is 12.6 Å². The molecule has 3 N–H and O–H groups in total. The molecule has 0 bridgehead atoms. The van der Waals surface area contributed by atoms with Gasteiger partial charge in [0, 0.05) is 18.8 Å². The number of rotatable bonds is 11. The molecule has 3 rings (SSSR count). The van der Waals surface area contributed by atoms with Crippen molar-refractivity contribution >= 4 is 30.7 Å². The number of aldehydes is 1. The fourth-order valence-corrected chi connectivity index (χ4v) is 3.90. The molecule has 180 valence electrons. The number of carbonyl (C=O) groups is 3. The minimum Gasteiger partial charge on any atom is -0.406 e. The number of nitrogens with zero attached hydrogens (tertiary/aromatic N) is 2. The lowest BCUT2D eigenvalue weighted by atomic mass is 9.73. The summed E-state index contributed by atoms with van der Waals surface area (Å²) in [5.41, 5.74) is 2.92. The summed E-state index contributed by atoms with van der Waals surface area (Å²) < 4.78 is 5.55. The Bertz CT molecular complexity index is 933. The van der Waals surface area contributed by atoms with E-state index in [2.05, 4.69) is 25.8 Å². The molecule has 0 unspecified atom stereocenters. The normalized spacial score (nSPS) is 13.7. The van der Waals surface area contributed by atoms with Crippen LogP contribution in [0.1, 0.15) is 60.3 Å². The minimum absolute atomic E-state index is 0.110. The van der Waals surface area contributed by atoms with Crippen molar-refractivity contribution in [2.75, 3.05) is 13.2 Å². The van der Waals surface area contributed by atoms with Crippen LogP contribution in [0, 0.1) is 6.92 Å². The van der Waals surface area contributed by atoms with E-state index in [9.17, 15) is 14.4 Å². The number of benzene rings is 1. The van der Waals surface area contributed by atoms with Crippen molar-refractivity contribution in [3.8, 4) is 0 Å². The number of aromatic nitrogens is 2. The highest BCUT2D eigenvalue weighted by Gasteiger charge is 2.24. The second-order valence-corrected chi connectivity index (χ2v) is 8.48. The van der Waals surface area contributed by atoms with Gasteiger partial charge in [-0.3, -0.25) is 14.6 Å².